The first-order chi connectivity index (χ1) is 9.66. The minimum atomic E-state index is -0.342. The van der Waals surface area contributed by atoms with E-state index in [-0.39, 0.29) is 10.6 Å². The number of hydrogen-bond acceptors (Lipinski definition) is 4. The Morgan fingerprint density at radius 2 is 2.30 bits per heavy atom. The maximum absolute atomic E-state index is 11.0. The summed E-state index contributed by atoms with van der Waals surface area (Å²) >= 11 is 3.38. The average Bonchev–Trinajstić information content (AvgIpc) is 2.90. The Balaban J connectivity index is 1.80. The molecular weight excluding hydrogens is 324 g/mol. The van der Waals surface area contributed by atoms with Gasteiger partial charge in [0.15, 0.2) is 0 Å². The summed E-state index contributed by atoms with van der Waals surface area (Å²) in [6, 6.07) is 5.71. The van der Waals surface area contributed by atoms with Crippen molar-refractivity contribution in [1.29, 1.82) is 0 Å². The van der Waals surface area contributed by atoms with Crippen LogP contribution in [0.4, 0.5) is 5.69 Å². The van der Waals surface area contributed by atoms with E-state index in [0.29, 0.717) is 16.6 Å². The van der Waals surface area contributed by atoms with Crippen molar-refractivity contribution in [2.45, 2.75) is 38.0 Å². The molecule has 0 aromatic heterocycles. The third-order valence-electron chi connectivity index (χ3n) is 4.23. The van der Waals surface area contributed by atoms with Crippen LogP contribution in [0.3, 0.4) is 0 Å². The van der Waals surface area contributed by atoms with E-state index in [2.05, 4.69) is 20.8 Å². The third-order valence-corrected chi connectivity index (χ3v) is 5.14. The van der Waals surface area contributed by atoms with Gasteiger partial charge >= 0.3 is 0 Å². The molecule has 0 N–H and O–H groups in total. The van der Waals surface area contributed by atoms with Crippen LogP contribution in [-0.2, 0) is 11.3 Å². The fourth-order valence-corrected chi connectivity index (χ4v) is 3.78. The van der Waals surface area contributed by atoms with E-state index in [4.69, 9.17) is 4.74 Å². The van der Waals surface area contributed by atoms with Crippen molar-refractivity contribution >= 4 is 21.6 Å². The van der Waals surface area contributed by atoms with Crippen molar-refractivity contribution in [2.24, 2.45) is 0 Å². The van der Waals surface area contributed by atoms with E-state index in [9.17, 15) is 10.1 Å². The second-order valence-corrected chi connectivity index (χ2v) is 6.18. The largest absolute Gasteiger partial charge is 0.375 e. The van der Waals surface area contributed by atoms with Crippen LogP contribution in [-0.4, -0.2) is 35.1 Å². The summed E-state index contributed by atoms with van der Waals surface area (Å²) in [7, 11) is 0. The summed E-state index contributed by atoms with van der Waals surface area (Å²) < 4.78 is 6.40. The highest BCUT2D eigenvalue weighted by atomic mass is 79.9. The van der Waals surface area contributed by atoms with Gasteiger partial charge < -0.3 is 4.74 Å². The van der Waals surface area contributed by atoms with Gasteiger partial charge in [0.1, 0.15) is 0 Å². The van der Waals surface area contributed by atoms with Crippen LogP contribution in [0.2, 0.25) is 0 Å². The first-order valence-corrected chi connectivity index (χ1v) is 7.73. The van der Waals surface area contributed by atoms with Gasteiger partial charge in [-0.2, -0.15) is 0 Å². The molecule has 2 fully saturated rings. The molecular formula is C14H17BrN2O3. The monoisotopic (exact) mass is 340 g/mol. The number of benzene rings is 1. The Labute approximate surface area is 126 Å². The molecule has 1 saturated heterocycles. The number of fused-ring (bicyclic) bond motifs is 1. The highest BCUT2D eigenvalue weighted by Crippen LogP contribution is 2.33. The predicted molar refractivity (Wildman–Crippen MR) is 78.6 cm³/mol. The van der Waals surface area contributed by atoms with Gasteiger partial charge in [0, 0.05) is 25.2 Å². The molecule has 0 spiro atoms. The lowest BCUT2D eigenvalue weighted by atomic mass is 10.1. The summed E-state index contributed by atoms with van der Waals surface area (Å²) in [5.74, 6) is 0. The van der Waals surface area contributed by atoms with Crippen molar-refractivity contribution in [3.63, 3.8) is 0 Å². The second kappa shape index (κ2) is 5.79. The van der Waals surface area contributed by atoms with E-state index in [1.807, 2.05) is 6.07 Å². The maximum atomic E-state index is 11.0. The van der Waals surface area contributed by atoms with Gasteiger partial charge in [-0.15, -0.1) is 0 Å². The van der Waals surface area contributed by atoms with Crippen molar-refractivity contribution in [1.82, 2.24) is 4.90 Å². The molecule has 0 radical (unpaired) electrons. The van der Waals surface area contributed by atoms with Gasteiger partial charge in [-0.3, -0.25) is 15.0 Å². The highest BCUT2D eigenvalue weighted by molar-refractivity contribution is 9.10. The lowest BCUT2D eigenvalue weighted by Crippen LogP contribution is -2.47. The summed E-state index contributed by atoms with van der Waals surface area (Å²) in [5, 5.41) is 11.0. The molecule has 1 aromatic carbocycles. The number of ether oxygens (including phenoxy) is 1. The molecule has 5 nitrogen and oxygen atoms in total. The quantitative estimate of drug-likeness (QED) is 0.626. The summed E-state index contributed by atoms with van der Waals surface area (Å²) in [5.41, 5.74) is 1.12. The highest BCUT2D eigenvalue weighted by Gasteiger charge is 2.36. The molecule has 108 valence electrons. The molecule has 3 rings (SSSR count). The molecule has 2 unspecified atom stereocenters. The summed E-state index contributed by atoms with van der Waals surface area (Å²) in [6.07, 6.45) is 3.86. The maximum Gasteiger partial charge on any atom is 0.283 e. The summed E-state index contributed by atoms with van der Waals surface area (Å²) in [6.45, 7) is 2.40. The topological polar surface area (TPSA) is 55.6 Å². The van der Waals surface area contributed by atoms with Crippen LogP contribution in [0.25, 0.3) is 0 Å². The molecule has 1 saturated carbocycles. The number of nitro groups is 1. The van der Waals surface area contributed by atoms with E-state index in [1.54, 1.807) is 6.07 Å². The fraction of sp³-hybridized carbons (Fsp3) is 0.571. The predicted octanol–water partition coefficient (Wildman–Crippen LogP) is 3.11. The Morgan fingerprint density at radius 1 is 1.45 bits per heavy atom. The minimum absolute atomic E-state index is 0.138. The van der Waals surface area contributed by atoms with Crippen LogP contribution >= 0.6 is 15.9 Å². The number of hydrogen-bond donors (Lipinski definition) is 0. The average molecular weight is 341 g/mol. The Bertz CT molecular complexity index is 523. The lowest BCUT2D eigenvalue weighted by Gasteiger charge is -2.37. The van der Waals surface area contributed by atoms with Crippen molar-refractivity contribution < 1.29 is 9.66 Å². The van der Waals surface area contributed by atoms with Crippen LogP contribution < -0.4 is 0 Å². The number of nitrogens with zero attached hydrogens (tertiary/aromatic N) is 2. The zero-order chi connectivity index (χ0) is 14.1. The molecule has 1 aliphatic heterocycles. The van der Waals surface area contributed by atoms with Crippen LogP contribution in [0.1, 0.15) is 24.8 Å². The van der Waals surface area contributed by atoms with Gasteiger partial charge in [0.05, 0.1) is 22.1 Å². The van der Waals surface area contributed by atoms with Gasteiger partial charge in [-0.05, 0) is 40.8 Å². The molecule has 20 heavy (non-hydrogen) atoms. The van der Waals surface area contributed by atoms with Crippen molar-refractivity contribution in [3.8, 4) is 0 Å². The van der Waals surface area contributed by atoms with Gasteiger partial charge in [0.25, 0.3) is 5.69 Å². The Hall–Kier alpha value is -0.980. The normalized spacial score (nSPS) is 26.4. The molecule has 1 aliphatic carbocycles. The van der Waals surface area contributed by atoms with Gasteiger partial charge in [-0.1, -0.05) is 12.1 Å². The first kappa shape index (κ1) is 14.0. The molecule has 1 aromatic rings. The van der Waals surface area contributed by atoms with Crippen molar-refractivity contribution in [3.05, 3.63) is 38.3 Å². The zero-order valence-electron chi connectivity index (χ0n) is 11.1. The standard InChI is InChI=1S/C14H17BrN2O3/c15-14-10(3-1-5-12(14)17(18)19)9-16-7-8-20-13-6-2-4-11(13)16/h1,3,5,11,13H,2,4,6-9H2. The number of rotatable bonds is 3. The molecule has 0 bridgehead atoms. The Kier molecular flexibility index (Phi) is 4.05. The van der Waals surface area contributed by atoms with Gasteiger partial charge in [0.2, 0.25) is 0 Å². The second-order valence-electron chi connectivity index (χ2n) is 5.39. The minimum Gasteiger partial charge on any atom is -0.375 e. The SMILES string of the molecule is O=[N+]([O-])c1cccc(CN2CCOC3CCCC32)c1Br. The molecule has 2 aliphatic rings. The van der Waals surface area contributed by atoms with Crippen LogP contribution in [0.5, 0.6) is 0 Å². The summed E-state index contributed by atoms with van der Waals surface area (Å²) in [4.78, 5) is 13.1. The van der Waals surface area contributed by atoms with Crippen LogP contribution in [0.15, 0.2) is 22.7 Å². The van der Waals surface area contributed by atoms with Crippen molar-refractivity contribution in [2.75, 3.05) is 13.2 Å². The van der Waals surface area contributed by atoms with E-state index >= 15 is 0 Å². The smallest absolute Gasteiger partial charge is 0.283 e. The van der Waals surface area contributed by atoms with E-state index in [0.717, 1.165) is 38.1 Å². The Morgan fingerprint density at radius 3 is 3.10 bits per heavy atom. The van der Waals surface area contributed by atoms with Crippen LogP contribution in [0, 0.1) is 10.1 Å². The fourth-order valence-electron chi connectivity index (χ4n) is 3.25. The molecule has 1 heterocycles. The first-order valence-electron chi connectivity index (χ1n) is 6.94. The molecule has 6 heteroatoms. The number of nitro benzene ring substituents is 1. The van der Waals surface area contributed by atoms with E-state index in [1.165, 1.54) is 12.5 Å². The van der Waals surface area contributed by atoms with E-state index < -0.39 is 0 Å². The zero-order valence-corrected chi connectivity index (χ0v) is 12.7. The molecule has 0 amide bonds. The number of morpholine rings is 1. The lowest BCUT2D eigenvalue weighted by molar-refractivity contribution is -0.385. The van der Waals surface area contributed by atoms with Gasteiger partial charge in [-0.25, -0.2) is 0 Å². The third kappa shape index (κ3) is 2.60. The molecule has 2 atom stereocenters. The number of halogens is 1.